The third-order valence-electron chi connectivity index (χ3n) is 0.800. The Morgan fingerprint density at radius 3 is 1.70 bits per heavy atom. The number of para-hydroxylation sites is 1. The van der Waals surface area contributed by atoms with Crippen LogP contribution in [-0.2, 0) is 0 Å². The fraction of sp³-hybridized carbons (Fsp3) is 0.143. The number of nitrogen functional groups attached to an aromatic ring is 1. The fourth-order valence-corrected chi connectivity index (χ4v) is 0.453. The van der Waals surface area contributed by atoms with Gasteiger partial charge in [0.25, 0.3) is 0 Å². The summed E-state index contributed by atoms with van der Waals surface area (Å²) >= 11 is 9.53. The summed E-state index contributed by atoms with van der Waals surface area (Å²) in [4.78, 5) is 0. The Balaban J connectivity index is 0.000000236. The molecule has 0 aliphatic rings. The van der Waals surface area contributed by atoms with Crippen LogP contribution >= 0.6 is 23.2 Å². The molecule has 0 spiro atoms. The Labute approximate surface area is 70.7 Å². The van der Waals surface area contributed by atoms with Gasteiger partial charge in [0.15, 0.2) is 0 Å². The first kappa shape index (κ1) is 9.60. The van der Waals surface area contributed by atoms with Crippen LogP contribution in [0.2, 0.25) is 0 Å². The van der Waals surface area contributed by atoms with Gasteiger partial charge >= 0.3 is 0 Å². The summed E-state index contributed by atoms with van der Waals surface area (Å²) in [5, 5.41) is 0.194. The molecule has 0 bridgehead atoms. The molecule has 0 atom stereocenters. The van der Waals surface area contributed by atoms with Crippen LogP contribution in [0.4, 0.5) is 5.69 Å². The van der Waals surface area contributed by atoms with E-state index in [4.69, 9.17) is 28.9 Å². The molecular weight excluding hydrogens is 169 g/mol. The summed E-state index contributed by atoms with van der Waals surface area (Å²) in [5.74, 6) is 0. The van der Waals surface area contributed by atoms with Crippen molar-refractivity contribution in [3.63, 3.8) is 0 Å². The van der Waals surface area contributed by atoms with Crippen molar-refractivity contribution in [2.75, 3.05) is 11.1 Å². The second kappa shape index (κ2) is 6.72. The molecule has 0 radical (unpaired) electrons. The average molecular weight is 178 g/mol. The van der Waals surface area contributed by atoms with Crippen LogP contribution in [0, 0.1) is 0 Å². The maximum Gasteiger partial charge on any atom is 0.0967 e. The summed E-state index contributed by atoms with van der Waals surface area (Å²) in [6.45, 7) is 0. The number of nitrogens with two attached hydrogens (primary N) is 1. The molecule has 2 N–H and O–H groups in total. The molecular formula is C7H9Cl2N. The lowest BCUT2D eigenvalue weighted by molar-refractivity contribution is 1.69. The Bertz CT molecular complexity index is 153. The maximum absolute atomic E-state index is 5.36. The van der Waals surface area contributed by atoms with Crippen molar-refractivity contribution >= 4 is 28.9 Å². The van der Waals surface area contributed by atoms with E-state index in [0.717, 1.165) is 5.69 Å². The van der Waals surface area contributed by atoms with E-state index in [2.05, 4.69) is 0 Å². The topological polar surface area (TPSA) is 26.0 Å². The molecule has 0 aromatic heterocycles. The molecule has 1 aromatic carbocycles. The van der Waals surface area contributed by atoms with Crippen molar-refractivity contribution in [1.82, 2.24) is 0 Å². The number of alkyl halides is 2. The summed E-state index contributed by atoms with van der Waals surface area (Å²) in [5.41, 5.74) is 6.18. The highest BCUT2D eigenvalue weighted by atomic mass is 35.5. The lowest BCUT2D eigenvalue weighted by atomic mass is 10.3. The summed E-state index contributed by atoms with van der Waals surface area (Å²) in [6, 6.07) is 9.49. The van der Waals surface area contributed by atoms with E-state index in [-0.39, 0.29) is 5.34 Å². The van der Waals surface area contributed by atoms with Crippen LogP contribution in [-0.4, -0.2) is 5.34 Å². The SMILES string of the molecule is ClCCl.Nc1ccccc1. The minimum absolute atomic E-state index is 0.194. The second-order valence-corrected chi connectivity index (χ2v) is 2.32. The minimum atomic E-state index is 0.194. The first-order chi connectivity index (χ1) is 4.81. The van der Waals surface area contributed by atoms with Gasteiger partial charge in [0.1, 0.15) is 0 Å². The summed E-state index contributed by atoms with van der Waals surface area (Å²) in [7, 11) is 0. The largest absolute Gasteiger partial charge is 0.399 e. The normalized spacial score (nSPS) is 7.80. The monoisotopic (exact) mass is 177 g/mol. The van der Waals surface area contributed by atoms with E-state index in [1.165, 1.54) is 0 Å². The first-order valence-electron chi connectivity index (χ1n) is 2.73. The van der Waals surface area contributed by atoms with Crippen LogP contribution in [0.15, 0.2) is 30.3 Å². The minimum Gasteiger partial charge on any atom is -0.399 e. The van der Waals surface area contributed by atoms with Gasteiger partial charge in [-0.25, -0.2) is 0 Å². The number of anilines is 1. The molecule has 0 heterocycles. The van der Waals surface area contributed by atoms with Crippen molar-refractivity contribution in [1.29, 1.82) is 0 Å². The zero-order valence-electron chi connectivity index (χ0n) is 5.43. The predicted octanol–water partition coefficient (Wildman–Crippen LogP) is 2.69. The smallest absolute Gasteiger partial charge is 0.0967 e. The van der Waals surface area contributed by atoms with Gasteiger partial charge in [0.05, 0.1) is 5.34 Å². The van der Waals surface area contributed by atoms with Gasteiger partial charge in [-0.15, -0.1) is 23.2 Å². The van der Waals surface area contributed by atoms with E-state index in [1.54, 1.807) is 0 Å². The predicted molar refractivity (Wildman–Crippen MR) is 47.4 cm³/mol. The standard InChI is InChI=1S/C6H7N.CH2Cl2/c7-6-4-2-1-3-5-6;2-1-3/h1-5H,7H2;1H2. The van der Waals surface area contributed by atoms with Crippen molar-refractivity contribution < 1.29 is 0 Å². The lowest BCUT2D eigenvalue weighted by Crippen LogP contribution is -1.79. The van der Waals surface area contributed by atoms with Crippen LogP contribution in [0.3, 0.4) is 0 Å². The number of hydrogen-bond acceptors (Lipinski definition) is 1. The Kier molecular flexibility index (Phi) is 6.45. The van der Waals surface area contributed by atoms with Gasteiger partial charge in [0, 0.05) is 5.69 Å². The Hall–Kier alpha value is -0.400. The molecule has 1 nitrogen and oxygen atoms in total. The molecule has 0 unspecified atom stereocenters. The van der Waals surface area contributed by atoms with E-state index in [0.29, 0.717) is 0 Å². The molecule has 0 aliphatic heterocycles. The molecule has 1 rings (SSSR count). The quantitative estimate of drug-likeness (QED) is 0.479. The van der Waals surface area contributed by atoms with Crippen LogP contribution in [0.25, 0.3) is 0 Å². The number of benzene rings is 1. The highest BCUT2D eigenvalue weighted by Gasteiger charge is 1.72. The van der Waals surface area contributed by atoms with Crippen molar-refractivity contribution in [3.8, 4) is 0 Å². The van der Waals surface area contributed by atoms with Gasteiger partial charge in [-0.2, -0.15) is 0 Å². The van der Waals surface area contributed by atoms with Crippen molar-refractivity contribution in [3.05, 3.63) is 30.3 Å². The fourth-order valence-electron chi connectivity index (χ4n) is 0.453. The van der Waals surface area contributed by atoms with Gasteiger partial charge < -0.3 is 5.73 Å². The molecule has 56 valence electrons. The van der Waals surface area contributed by atoms with Gasteiger partial charge in [-0.05, 0) is 12.1 Å². The molecule has 0 amide bonds. The summed E-state index contributed by atoms with van der Waals surface area (Å²) < 4.78 is 0. The number of halogens is 2. The van der Waals surface area contributed by atoms with E-state index < -0.39 is 0 Å². The molecule has 0 saturated heterocycles. The highest BCUT2D eigenvalue weighted by molar-refractivity contribution is 6.40. The highest BCUT2D eigenvalue weighted by Crippen LogP contribution is 1.95. The Morgan fingerprint density at radius 2 is 1.50 bits per heavy atom. The maximum atomic E-state index is 5.36. The van der Waals surface area contributed by atoms with Gasteiger partial charge in [-0.3, -0.25) is 0 Å². The average Bonchev–Trinajstić information content (AvgIpc) is 1.91. The second-order valence-electron chi connectivity index (χ2n) is 1.51. The molecule has 1 aromatic rings. The molecule has 0 saturated carbocycles. The van der Waals surface area contributed by atoms with Crippen molar-refractivity contribution in [2.24, 2.45) is 0 Å². The zero-order valence-corrected chi connectivity index (χ0v) is 6.94. The molecule has 10 heavy (non-hydrogen) atoms. The van der Waals surface area contributed by atoms with E-state index in [9.17, 15) is 0 Å². The third kappa shape index (κ3) is 5.73. The first-order valence-corrected chi connectivity index (χ1v) is 3.80. The number of hydrogen-bond donors (Lipinski definition) is 1. The molecule has 0 fully saturated rings. The molecule has 3 heteroatoms. The van der Waals surface area contributed by atoms with Crippen LogP contribution in [0.1, 0.15) is 0 Å². The van der Waals surface area contributed by atoms with Gasteiger partial charge in [0.2, 0.25) is 0 Å². The lowest BCUT2D eigenvalue weighted by Gasteiger charge is -1.83. The Morgan fingerprint density at radius 1 is 1.10 bits per heavy atom. The van der Waals surface area contributed by atoms with Crippen LogP contribution < -0.4 is 5.73 Å². The van der Waals surface area contributed by atoms with Gasteiger partial charge in [-0.1, -0.05) is 18.2 Å². The third-order valence-corrected chi connectivity index (χ3v) is 0.800. The van der Waals surface area contributed by atoms with Crippen molar-refractivity contribution in [2.45, 2.75) is 0 Å². The van der Waals surface area contributed by atoms with E-state index in [1.807, 2.05) is 30.3 Å². The number of rotatable bonds is 0. The summed E-state index contributed by atoms with van der Waals surface area (Å²) in [6.07, 6.45) is 0. The van der Waals surface area contributed by atoms with Crippen LogP contribution in [0.5, 0.6) is 0 Å². The molecule has 0 aliphatic carbocycles. The zero-order chi connectivity index (χ0) is 7.82. The van der Waals surface area contributed by atoms with E-state index >= 15 is 0 Å².